The molecule has 10 nitrogen and oxygen atoms in total. The van der Waals surface area contributed by atoms with E-state index in [9.17, 15) is 31.6 Å². The summed E-state index contributed by atoms with van der Waals surface area (Å²) in [6.45, 7) is 0.949. The summed E-state index contributed by atoms with van der Waals surface area (Å²) in [4.78, 5) is 17.2. The number of amides is 1. The first-order chi connectivity index (χ1) is 18.2. The Morgan fingerprint density at radius 2 is 1.87 bits per heavy atom. The van der Waals surface area contributed by atoms with Crippen LogP contribution in [0, 0.1) is 24.1 Å². The second-order valence-electron chi connectivity index (χ2n) is 8.73. The number of nitrogens with one attached hydrogen (secondary N) is 1. The van der Waals surface area contributed by atoms with E-state index in [1.165, 1.54) is 18.2 Å². The molecule has 1 saturated carbocycles. The Morgan fingerprint density at radius 3 is 2.44 bits per heavy atom. The number of halogens is 4. The molecular weight excluding hydrogens is 546 g/mol. The average Bonchev–Trinajstić information content (AvgIpc) is 3.65. The number of nitrogens with zero attached hydrogens (tertiary/aromatic N) is 4. The molecule has 1 aliphatic rings. The number of hydrogen-bond donors (Lipinski definition) is 1. The first-order valence-corrected chi connectivity index (χ1v) is 13.0. The zero-order chi connectivity index (χ0) is 28.8. The highest BCUT2D eigenvalue weighted by atomic mass is 32.2. The fourth-order valence-electron chi connectivity index (χ4n) is 3.71. The molecule has 0 atom stereocenters. The van der Waals surface area contributed by atoms with E-state index < -0.39 is 67.5 Å². The number of aromatic nitrogens is 3. The summed E-state index contributed by atoms with van der Waals surface area (Å²) >= 11 is 0. The third-order valence-corrected chi connectivity index (χ3v) is 7.05. The van der Waals surface area contributed by atoms with Crippen LogP contribution in [-0.4, -0.2) is 42.9 Å². The number of rotatable bonds is 7. The van der Waals surface area contributed by atoms with Gasteiger partial charge in [0.05, 0.1) is 29.2 Å². The van der Waals surface area contributed by atoms with E-state index in [4.69, 9.17) is 9.47 Å². The number of hydrogen-bond acceptors (Lipinski definition) is 9. The molecule has 1 aromatic carbocycles. The molecule has 204 valence electrons. The Hall–Kier alpha value is -4.32. The van der Waals surface area contributed by atoms with E-state index in [2.05, 4.69) is 26.6 Å². The Bertz CT molecular complexity index is 1630. The van der Waals surface area contributed by atoms with Crippen LogP contribution >= 0.6 is 0 Å². The van der Waals surface area contributed by atoms with E-state index in [1.807, 2.05) is 0 Å². The lowest BCUT2D eigenvalue weighted by Crippen LogP contribution is -2.21. The van der Waals surface area contributed by atoms with Crippen LogP contribution < -0.4 is 14.8 Å². The lowest BCUT2D eigenvalue weighted by atomic mass is 10.0. The molecular formula is C24H19F4N5O5S. The first kappa shape index (κ1) is 27.7. The van der Waals surface area contributed by atoms with Crippen molar-refractivity contribution < 1.29 is 40.2 Å². The molecule has 1 amide bonds. The molecule has 1 N–H and O–H groups in total. The summed E-state index contributed by atoms with van der Waals surface area (Å²) in [6.07, 6.45) is -3.15. The van der Waals surface area contributed by atoms with E-state index in [0.29, 0.717) is 12.8 Å². The summed E-state index contributed by atoms with van der Waals surface area (Å²) in [5, 5.41) is 18.2. The van der Waals surface area contributed by atoms with Crippen LogP contribution in [0.25, 0.3) is 0 Å². The van der Waals surface area contributed by atoms with Crippen molar-refractivity contribution in [2.75, 3.05) is 18.7 Å². The quantitative estimate of drug-likeness (QED) is 0.414. The number of sulfone groups is 1. The predicted molar refractivity (Wildman–Crippen MR) is 127 cm³/mol. The molecule has 0 spiro atoms. The number of methoxy groups -OCH3 is 1. The van der Waals surface area contributed by atoms with Gasteiger partial charge in [-0.2, -0.15) is 18.4 Å². The third-order valence-electron chi connectivity index (χ3n) is 5.94. The van der Waals surface area contributed by atoms with Crippen LogP contribution in [0.2, 0.25) is 0 Å². The first-order valence-electron chi connectivity index (χ1n) is 11.1. The monoisotopic (exact) mass is 565 g/mol. The zero-order valence-corrected chi connectivity index (χ0v) is 21.4. The van der Waals surface area contributed by atoms with Crippen LogP contribution in [0.5, 0.6) is 17.5 Å². The standard InChI is InChI=1S/C24H19F4N5O5S/c1-12-17(20(34)30-13-5-4-6-14(9-13)39(3,35)36)21(33-32-19(12)24(26,27)28)38-18-15(25)10-16(31-22(18)37-2)23(11-29)7-8-23/h4-6,9-10H,7-8H2,1-3H3,(H,30,34). The SMILES string of the molecule is COc1nc(C2(C#N)CC2)cc(F)c1Oc1nnc(C(F)(F)F)c(C)c1C(=O)Nc1cccc(S(C)(=O)=O)c1. The molecule has 2 heterocycles. The fraction of sp³-hybridized carbons (Fsp3) is 0.292. The number of carbonyl (C=O) groups is 1. The molecule has 1 aliphatic carbocycles. The number of benzene rings is 1. The van der Waals surface area contributed by atoms with Gasteiger partial charge in [-0.25, -0.2) is 17.8 Å². The van der Waals surface area contributed by atoms with Gasteiger partial charge in [-0.1, -0.05) is 6.07 Å². The van der Waals surface area contributed by atoms with Gasteiger partial charge in [0.15, 0.2) is 21.3 Å². The molecule has 0 unspecified atom stereocenters. The van der Waals surface area contributed by atoms with Crippen molar-refractivity contribution in [2.45, 2.75) is 36.3 Å². The molecule has 15 heteroatoms. The molecule has 0 saturated heterocycles. The largest absolute Gasteiger partial charge is 0.478 e. The molecule has 39 heavy (non-hydrogen) atoms. The zero-order valence-electron chi connectivity index (χ0n) is 20.6. The average molecular weight is 566 g/mol. The Morgan fingerprint density at radius 1 is 1.18 bits per heavy atom. The summed E-state index contributed by atoms with van der Waals surface area (Å²) in [6, 6.07) is 8.01. The number of pyridine rings is 1. The van der Waals surface area contributed by atoms with Crippen LogP contribution in [0.3, 0.4) is 0 Å². The molecule has 4 rings (SSSR count). The van der Waals surface area contributed by atoms with Crippen LogP contribution in [0.15, 0.2) is 35.2 Å². The highest BCUT2D eigenvalue weighted by molar-refractivity contribution is 7.90. The molecule has 2 aromatic heterocycles. The number of alkyl halides is 3. The van der Waals surface area contributed by atoms with Crippen molar-refractivity contribution in [3.8, 4) is 23.6 Å². The van der Waals surface area contributed by atoms with E-state index in [-0.39, 0.29) is 16.3 Å². The molecule has 0 radical (unpaired) electrons. The maximum Gasteiger partial charge on any atom is 0.435 e. The van der Waals surface area contributed by atoms with Crippen molar-refractivity contribution in [1.82, 2.24) is 15.2 Å². The highest BCUT2D eigenvalue weighted by Gasteiger charge is 2.47. The summed E-state index contributed by atoms with van der Waals surface area (Å²) in [5.41, 5.74) is -3.87. The summed E-state index contributed by atoms with van der Waals surface area (Å²) in [7, 11) is -2.53. The predicted octanol–water partition coefficient (Wildman–Crippen LogP) is 4.35. The van der Waals surface area contributed by atoms with Gasteiger partial charge < -0.3 is 14.8 Å². The maximum atomic E-state index is 15.1. The number of anilines is 1. The van der Waals surface area contributed by atoms with E-state index in [1.54, 1.807) is 0 Å². The minimum Gasteiger partial charge on any atom is -0.478 e. The van der Waals surface area contributed by atoms with Gasteiger partial charge in [0.25, 0.3) is 17.7 Å². The highest BCUT2D eigenvalue weighted by Crippen LogP contribution is 2.48. The van der Waals surface area contributed by atoms with Gasteiger partial charge >= 0.3 is 6.18 Å². The Kier molecular flexibility index (Phi) is 6.94. The molecule has 0 bridgehead atoms. The molecule has 3 aromatic rings. The van der Waals surface area contributed by atoms with Crippen LogP contribution in [0.1, 0.15) is 40.2 Å². The third kappa shape index (κ3) is 5.46. The fourth-order valence-corrected chi connectivity index (χ4v) is 4.38. The van der Waals surface area contributed by atoms with Gasteiger partial charge in [0.2, 0.25) is 5.75 Å². The number of carbonyl (C=O) groups excluding carboxylic acids is 1. The summed E-state index contributed by atoms with van der Waals surface area (Å²) < 4.78 is 90.1. The minimum absolute atomic E-state index is 0.0559. The molecule has 0 aliphatic heterocycles. The topological polar surface area (TPSA) is 144 Å². The Labute approximate surface area is 219 Å². The summed E-state index contributed by atoms with van der Waals surface area (Å²) in [5.74, 6) is -4.16. The van der Waals surface area contributed by atoms with Crippen molar-refractivity contribution >= 4 is 21.4 Å². The van der Waals surface area contributed by atoms with E-state index in [0.717, 1.165) is 32.4 Å². The van der Waals surface area contributed by atoms with Crippen molar-refractivity contribution in [2.24, 2.45) is 0 Å². The second kappa shape index (κ2) is 9.77. The lowest BCUT2D eigenvalue weighted by Gasteiger charge is -2.17. The van der Waals surface area contributed by atoms with Crippen molar-refractivity contribution in [1.29, 1.82) is 5.26 Å². The number of nitriles is 1. The Balaban J connectivity index is 1.80. The smallest absolute Gasteiger partial charge is 0.435 e. The van der Waals surface area contributed by atoms with Gasteiger partial charge in [-0.3, -0.25) is 4.79 Å². The van der Waals surface area contributed by atoms with Crippen LogP contribution in [0.4, 0.5) is 23.2 Å². The van der Waals surface area contributed by atoms with Crippen LogP contribution in [-0.2, 0) is 21.4 Å². The maximum absolute atomic E-state index is 15.1. The van der Waals surface area contributed by atoms with Crippen molar-refractivity contribution in [3.63, 3.8) is 0 Å². The van der Waals surface area contributed by atoms with Gasteiger partial charge in [0, 0.05) is 18.0 Å². The lowest BCUT2D eigenvalue weighted by molar-refractivity contribution is -0.142. The van der Waals surface area contributed by atoms with E-state index >= 15 is 4.39 Å². The second-order valence-corrected chi connectivity index (χ2v) is 10.7. The number of ether oxygens (including phenoxy) is 2. The van der Waals surface area contributed by atoms with Gasteiger partial charge in [0.1, 0.15) is 5.56 Å². The minimum atomic E-state index is -5.00. The van der Waals surface area contributed by atoms with Gasteiger partial charge in [-0.15, -0.1) is 10.2 Å². The van der Waals surface area contributed by atoms with Gasteiger partial charge in [-0.05, 0) is 43.5 Å². The van der Waals surface area contributed by atoms with Crippen molar-refractivity contribution in [3.05, 3.63) is 58.7 Å². The normalized spacial score (nSPS) is 14.3. The molecule has 1 fully saturated rings.